The first-order chi connectivity index (χ1) is 17.0. The molecule has 1 N–H and O–H groups in total. The van der Waals surface area contributed by atoms with Crippen molar-refractivity contribution in [3.8, 4) is 17.6 Å². The molecule has 5 nitrogen and oxygen atoms in total. The molecule has 3 rings (SSSR count). The number of halogens is 2. The van der Waals surface area contributed by atoms with Crippen LogP contribution in [-0.2, 0) is 17.8 Å². The molecule has 35 heavy (non-hydrogen) atoms. The molecule has 3 aromatic carbocycles. The van der Waals surface area contributed by atoms with Crippen LogP contribution in [-0.4, -0.2) is 19.1 Å². The Bertz CT molecular complexity index is 1210. The summed E-state index contributed by atoms with van der Waals surface area (Å²) in [5, 5.41) is 12.4. The molecule has 7 heteroatoms. The van der Waals surface area contributed by atoms with Crippen molar-refractivity contribution in [2.75, 3.05) is 13.2 Å². The number of hydrogen-bond donors (Lipinski definition) is 1. The number of carbonyl (C=O) groups is 1. The van der Waals surface area contributed by atoms with Gasteiger partial charge in [0.1, 0.15) is 24.1 Å². The molecule has 0 bridgehead atoms. The number of hydrogen-bond acceptors (Lipinski definition) is 4. The molecular weight excluding hydrogens is 511 g/mol. The van der Waals surface area contributed by atoms with Gasteiger partial charge in [-0.25, -0.2) is 4.39 Å². The van der Waals surface area contributed by atoms with Crippen molar-refractivity contribution in [1.82, 2.24) is 5.32 Å². The summed E-state index contributed by atoms with van der Waals surface area (Å²) in [6.07, 6.45) is 3.13. The number of nitriles is 1. The van der Waals surface area contributed by atoms with Gasteiger partial charge in [-0.3, -0.25) is 4.79 Å². The monoisotopic (exact) mass is 536 g/mol. The van der Waals surface area contributed by atoms with E-state index in [2.05, 4.69) is 21.2 Å². The van der Waals surface area contributed by atoms with Crippen LogP contribution in [0.5, 0.6) is 11.5 Å². The van der Waals surface area contributed by atoms with Crippen molar-refractivity contribution in [3.05, 3.63) is 99.3 Å². The fraction of sp³-hybridized carbons (Fsp3) is 0.214. The van der Waals surface area contributed by atoms with Gasteiger partial charge in [0.05, 0.1) is 6.61 Å². The highest BCUT2D eigenvalue weighted by molar-refractivity contribution is 9.10. The van der Waals surface area contributed by atoms with Gasteiger partial charge < -0.3 is 14.8 Å². The Kier molecular flexibility index (Phi) is 9.88. The van der Waals surface area contributed by atoms with Crippen LogP contribution < -0.4 is 14.8 Å². The third-order valence-electron chi connectivity index (χ3n) is 5.11. The summed E-state index contributed by atoms with van der Waals surface area (Å²) < 4.78 is 25.4. The minimum Gasteiger partial charge on any atom is -0.490 e. The molecule has 0 saturated heterocycles. The number of amides is 1. The zero-order valence-corrected chi connectivity index (χ0v) is 21.0. The van der Waals surface area contributed by atoms with Gasteiger partial charge in [0.15, 0.2) is 11.5 Å². The highest BCUT2D eigenvalue weighted by Crippen LogP contribution is 2.35. The SMILES string of the molecule is CCOc1cc(/C=C(/C#N)C(=O)NCCCc2ccccc2)c(Br)cc1OCc1ccc(F)cc1. The molecule has 1 amide bonds. The van der Waals surface area contributed by atoms with Crippen LogP contribution in [0.15, 0.2) is 76.8 Å². The molecule has 180 valence electrons. The van der Waals surface area contributed by atoms with Crippen LogP contribution in [0.2, 0.25) is 0 Å². The molecule has 0 aromatic heterocycles. The lowest BCUT2D eigenvalue weighted by molar-refractivity contribution is -0.117. The Labute approximate surface area is 213 Å². The second kappa shape index (κ2) is 13.3. The van der Waals surface area contributed by atoms with E-state index in [0.29, 0.717) is 34.7 Å². The fourth-order valence-electron chi connectivity index (χ4n) is 3.32. The lowest BCUT2D eigenvalue weighted by Gasteiger charge is -2.14. The van der Waals surface area contributed by atoms with Crippen molar-refractivity contribution in [1.29, 1.82) is 5.26 Å². The van der Waals surface area contributed by atoms with E-state index in [9.17, 15) is 14.4 Å². The third-order valence-corrected chi connectivity index (χ3v) is 5.79. The second-order valence-electron chi connectivity index (χ2n) is 7.68. The molecule has 0 atom stereocenters. The van der Waals surface area contributed by atoms with Crippen molar-refractivity contribution in [2.24, 2.45) is 0 Å². The molecule has 0 spiro atoms. The standard InChI is InChI=1S/C28H26BrFN2O3/c1-2-34-26-16-22(25(29)17-27(26)35-19-21-10-12-24(30)13-11-21)15-23(18-31)28(33)32-14-6-9-20-7-4-3-5-8-20/h3-5,7-8,10-13,15-17H,2,6,9,14,19H2,1H3,(H,32,33)/b23-15-. The first-order valence-corrected chi connectivity index (χ1v) is 12.1. The highest BCUT2D eigenvalue weighted by atomic mass is 79.9. The van der Waals surface area contributed by atoms with Gasteiger partial charge in [-0.05, 0) is 66.8 Å². The van der Waals surface area contributed by atoms with Crippen LogP contribution in [0.25, 0.3) is 6.08 Å². The Balaban J connectivity index is 1.68. The van der Waals surface area contributed by atoms with Crippen LogP contribution >= 0.6 is 15.9 Å². The second-order valence-corrected chi connectivity index (χ2v) is 8.54. The molecule has 0 aliphatic carbocycles. The summed E-state index contributed by atoms with van der Waals surface area (Å²) in [4.78, 5) is 12.6. The molecule has 0 saturated carbocycles. The molecule has 0 aliphatic rings. The number of rotatable bonds is 11. The number of nitrogens with zero attached hydrogens (tertiary/aromatic N) is 1. The van der Waals surface area contributed by atoms with Gasteiger partial charge in [-0.15, -0.1) is 0 Å². The Morgan fingerprint density at radius 3 is 2.46 bits per heavy atom. The van der Waals surface area contributed by atoms with Crippen LogP contribution in [0.3, 0.4) is 0 Å². The topological polar surface area (TPSA) is 71.3 Å². The quantitative estimate of drug-likeness (QED) is 0.179. The smallest absolute Gasteiger partial charge is 0.261 e. The average Bonchev–Trinajstić information content (AvgIpc) is 2.87. The average molecular weight is 537 g/mol. The lowest BCUT2D eigenvalue weighted by atomic mass is 10.1. The molecule has 0 radical (unpaired) electrons. The van der Waals surface area contributed by atoms with Gasteiger partial charge in [0, 0.05) is 11.0 Å². The van der Waals surface area contributed by atoms with E-state index < -0.39 is 5.91 Å². The first kappa shape index (κ1) is 26.0. The summed E-state index contributed by atoms with van der Waals surface area (Å²) in [6.45, 7) is 2.96. The van der Waals surface area contributed by atoms with Gasteiger partial charge >= 0.3 is 0 Å². The van der Waals surface area contributed by atoms with Gasteiger partial charge in [0.25, 0.3) is 5.91 Å². The molecule has 0 unspecified atom stereocenters. The number of ether oxygens (including phenoxy) is 2. The summed E-state index contributed by atoms with van der Waals surface area (Å²) in [5.41, 5.74) is 2.61. The van der Waals surface area contributed by atoms with E-state index in [1.807, 2.05) is 43.3 Å². The predicted octanol–water partition coefficient (Wildman–Crippen LogP) is 6.22. The van der Waals surface area contributed by atoms with Crippen molar-refractivity contribution < 1.29 is 18.7 Å². The summed E-state index contributed by atoms with van der Waals surface area (Å²) in [7, 11) is 0. The third kappa shape index (κ3) is 7.97. The molecular formula is C28H26BrFN2O3. The summed E-state index contributed by atoms with van der Waals surface area (Å²) >= 11 is 3.49. The maximum absolute atomic E-state index is 13.1. The summed E-state index contributed by atoms with van der Waals surface area (Å²) in [5.74, 6) is 0.229. The largest absolute Gasteiger partial charge is 0.490 e. The zero-order chi connectivity index (χ0) is 25.0. The normalized spacial score (nSPS) is 11.0. The number of nitrogens with one attached hydrogen (secondary N) is 1. The number of aryl methyl sites for hydroxylation is 1. The van der Waals surface area contributed by atoms with E-state index in [4.69, 9.17) is 9.47 Å². The van der Waals surface area contributed by atoms with Gasteiger partial charge in [-0.1, -0.05) is 58.4 Å². The van der Waals surface area contributed by atoms with E-state index in [-0.39, 0.29) is 18.0 Å². The van der Waals surface area contributed by atoms with Crippen LogP contribution in [0.4, 0.5) is 4.39 Å². The minimum absolute atomic E-state index is 0.00663. The Hall–Kier alpha value is -3.63. The maximum Gasteiger partial charge on any atom is 0.261 e. The number of carbonyl (C=O) groups excluding carboxylic acids is 1. The predicted molar refractivity (Wildman–Crippen MR) is 137 cm³/mol. The minimum atomic E-state index is -0.429. The molecule has 3 aromatic rings. The van der Waals surface area contributed by atoms with Crippen LogP contribution in [0, 0.1) is 17.1 Å². The summed E-state index contributed by atoms with van der Waals surface area (Å²) in [6, 6.07) is 21.5. The van der Waals surface area contributed by atoms with E-state index >= 15 is 0 Å². The first-order valence-electron chi connectivity index (χ1n) is 11.3. The lowest BCUT2D eigenvalue weighted by Crippen LogP contribution is -2.25. The van der Waals surface area contributed by atoms with E-state index in [1.165, 1.54) is 23.8 Å². The van der Waals surface area contributed by atoms with Crippen molar-refractivity contribution >= 4 is 27.9 Å². The van der Waals surface area contributed by atoms with E-state index in [1.54, 1.807) is 24.3 Å². The van der Waals surface area contributed by atoms with Gasteiger partial charge in [0.2, 0.25) is 0 Å². The molecule has 0 aliphatic heterocycles. The Morgan fingerprint density at radius 1 is 1.06 bits per heavy atom. The van der Waals surface area contributed by atoms with Crippen molar-refractivity contribution in [3.63, 3.8) is 0 Å². The maximum atomic E-state index is 13.1. The molecule has 0 heterocycles. The number of benzene rings is 3. The van der Waals surface area contributed by atoms with Gasteiger partial charge in [-0.2, -0.15) is 5.26 Å². The highest BCUT2D eigenvalue weighted by Gasteiger charge is 2.14. The zero-order valence-electron chi connectivity index (χ0n) is 19.4. The van der Waals surface area contributed by atoms with Crippen LogP contribution in [0.1, 0.15) is 30.0 Å². The van der Waals surface area contributed by atoms with Crippen molar-refractivity contribution in [2.45, 2.75) is 26.4 Å². The fourth-order valence-corrected chi connectivity index (χ4v) is 3.76. The Morgan fingerprint density at radius 2 is 1.77 bits per heavy atom. The van der Waals surface area contributed by atoms with E-state index in [0.717, 1.165) is 18.4 Å². The molecule has 0 fully saturated rings.